The number of benzene rings is 1. The van der Waals surface area contributed by atoms with E-state index in [1.807, 2.05) is 42.2 Å². The molecule has 0 fully saturated rings. The summed E-state index contributed by atoms with van der Waals surface area (Å²) in [5.41, 5.74) is 2.93. The molecular formula is C15H21N3S. The van der Waals surface area contributed by atoms with Gasteiger partial charge in [-0.1, -0.05) is 19.1 Å². The zero-order valence-electron chi connectivity index (χ0n) is 11.6. The molecule has 0 bridgehead atoms. The van der Waals surface area contributed by atoms with Gasteiger partial charge in [0.2, 0.25) is 0 Å². The van der Waals surface area contributed by atoms with Crippen molar-refractivity contribution in [2.24, 2.45) is 0 Å². The SMILES string of the molecule is CCSCCC(C)NCc1cnc2ccccc2n1. The van der Waals surface area contributed by atoms with Gasteiger partial charge < -0.3 is 5.32 Å². The Morgan fingerprint density at radius 3 is 2.84 bits per heavy atom. The van der Waals surface area contributed by atoms with Gasteiger partial charge in [-0.15, -0.1) is 0 Å². The maximum absolute atomic E-state index is 4.61. The highest BCUT2D eigenvalue weighted by Gasteiger charge is 2.03. The average molecular weight is 275 g/mol. The van der Waals surface area contributed by atoms with E-state index in [4.69, 9.17) is 0 Å². The predicted molar refractivity (Wildman–Crippen MR) is 83.5 cm³/mol. The van der Waals surface area contributed by atoms with Gasteiger partial charge in [0.1, 0.15) is 0 Å². The van der Waals surface area contributed by atoms with Gasteiger partial charge in [-0.25, -0.2) is 4.98 Å². The van der Waals surface area contributed by atoms with Crippen LogP contribution in [0.2, 0.25) is 0 Å². The molecule has 1 aromatic carbocycles. The zero-order valence-corrected chi connectivity index (χ0v) is 12.4. The summed E-state index contributed by atoms with van der Waals surface area (Å²) in [6, 6.07) is 8.51. The van der Waals surface area contributed by atoms with Gasteiger partial charge >= 0.3 is 0 Å². The molecule has 1 heterocycles. The highest BCUT2D eigenvalue weighted by Crippen LogP contribution is 2.09. The van der Waals surface area contributed by atoms with Crippen LogP contribution in [0.4, 0.5) is 0 Å². The van der Waals surface area contributed by atoms with E-state index in [-0.39, 0.29) is 0 Å². The van der Waals surface area contributed by atoms with Gasteiger partial charge in [-0.2, -0.15) is 11.8 Å². The van der Waals surface area contributed by atoms with Crippen LogP contribution in [0.3, 0.4) is 0 Å². The Kier molecular flexibility index (Phi) is 5.61. The number of nitrogens with one attached hydrogen (secondary N) is 1. The molecule has 0 aliphatic heterocycles. The fourth-order valence-corrected chi connectivity index (χ4v) is 2.67. The van der Waals surface area contributed by atoms with Crippen molar-refractivity contribution in [3.05, 3.63) is 36.2 Å². The van der Waals surface area contributed by atoms with E-state index in [9.17, 15) is 0 Å². The van der Waals surface area contributed by atoms with Crippen LogP contribution in [0.1, 0.15) is 26.0 Å². The summed E-state index contributed by atoms with van der Waals surface area (Å²) in [6.45, 7) is 5.22. The van der Waals surface area contributed by atoms with Crippen LogP contribution in [0.5, 0.6) is 0 Å². The first-order valence-corrected chi connectivity index (χ1v) is 7.97. The van der Waals surface area contributed by atoms with Crippen LogP contribution in [-0.4, -0.2) is 27.5 Å². The van der Waals surface area contributed by atoms with Crippen molar-refractivity contribution >= 4 is 22.8 Å². The Labute approximate surface area is 119 Å². The summed E-state index contributed by atoms with van der Waals surface area (Å²) in [5.74, 6) is 2.41. The Morgan fingerprint density at radius 2 is 2.05 bits per heavy atom. The molecule has 19 heavy (non-hydrogen) atoms. The van der Waals surface area contributed by atoms with Crippen molar-refractivity contribution in [2.75, 3.05) is 11.5 Å². The van der Waals surface area contributed by atoms with Crippen molar-refractivity contribution in [3.8, 4) is 0 Å². The topological polar surface area (TPSA) is 37.8 Å². The molecule has 1 atom stereocenters. The number of nitrogens with zero attached hydrogens (tertiary/aromatic N) is 2. The fraction of sp³-hybridized carbons (Fsp3) is 0.467. The molecule has 2 aromatic rings. The Morgan fingerprint density at radius 1 is 1.26 bits per heavy atom. The molecule has 0 saturated heterocycles. The van der Waals surface area contributed by atoms with Crippen LogP contribution >= 0.6 is 11.8 Å². The van der Waals surface area contributed by atoms with E-state index in [1.54, 1.807) is 0 Å². The zero-order chi connectivity index (χ0) is 13.5. The van der Waals surface area contributed by atoms with E-state index >= 15 is 0 Å². The Hall–Kier alpha value is -1.13. The van der Waals surface area contributed by atoms with Crippen LogP contribution < -0.4 is 5.32 Å². The van der Waals surface area contributed by atoms with Crippen molar-refractivity contribution in [3.63, 3.8) is 0 Å². The van der Waals surface area contributed by atoms with E-state index < -0.39 is 0 Å². The lowest BCUT2D eigenvalue weighted by molar-refractivity contribution is 0.532. The second-order valence-electron chi connectivity index (χ2n) is 4.62. The highest BCUT2D eigenvalue weighted by molar-refractivity contribution is 7.99. The van der Waals surface area contributed by atoms with Crippen LogP contribution in [0.25, 0.3) is 11.0 Å². The number of thioether (sulfide) groups is 1. The van der Waals surface area contributed by atoms with Crippen molar-refractivity contribution in [2.45, 2.75) is 32.9 Å². The molecule has 4 heteroatoms. The second-order valence-corrected chi connectivity index (χ2v) is 6.01. The second kappa shape index (κ2) is 7.46. The van der Waals surface area contributed by atoms with E-state index in [0.717, 1.165) is 23.3 Å². The minimum absolute atomic E-state index is 0.521. The van der Waals surface area contributed by atoms with Gasteiger partial charge in [0.05, 0.1) is 22.9 Å². The molecule has 0 aliphatic carbocycles. The van der Waals surface area contributed by atoms with Gasteiger partial charge in [-0.3, -0.25) is 4.98 Å². The third-order valence-electron chi connectivity index (χ3n) is 3.03. The molecule has 1 N–H and O–H groups in total. The predicted octanol–water partition coefficient (Wildman–Crippen LogP) is 3.25. The summed E-state index contributed by atoms with van der Waals surface area (Å²) >= 11 is 1.99. The highest BCUT2D eigenvalue weighted by atomic mass is 32.2. The first kappa shape index (κ1) is 14.3. The third kappa shape index (κ3) is 4.48. The number of rotatable bonds is 7. The minimum atomic E-state index is 0.521. The molecule has 0 spiro atoms. The monoisotopic (exact) mass is 275 g/mol. The average Bonchev–Trinajstić information content (AvgIpc) is 2.45. The van der Waals surface area contributed by atoms with Crippen molar-refractivity contribution in [1.82, 2.24) is 15.3 Å². The molecule has 0 radical (unpaired) electrons. The lowest BCUT2D eigenvalue weighted by Gasteiger charge is -2.13. The van der Waals surface area contributed by atoms with Crippen LogP contribution in [-0.2, 0) is 6.54 Å². The smallest absolute Gasteiger partial charge is 0.0890 e. The standard InChI is InChI=1S/C15H21N3S/c1-3-19-9-8-12(2)16-10-13-11-17-14-6-4-5-7-15(14)18-13/h4-7,11-12,16H,3,8-10H2,1-2H3. The van der Waals surface area contributed by atoms with E-state index in [1.165, 1.54) is 17.9 Å². The summed E-state index contributed by atoms with van der Waals surface area (Å²) in [5, 5.41) is 3.51. The number of para-hydroxylation sites is 2. The molecule has 3 nitrogen and oxygen atoms in total. The van der Waals surface area contributed by atoms with Crippen molar-refractivity contribution < 1.29 is 0 Å². The molecule has 0 amide bonds. The third-order valence-corrected chi connectivity index (χ3v) is 3.96. The first-order valence-electron chi connectivity index (χ1n) is 6.81. The molecule has 1 unspecified atom stereocenters. The molecule has 0 aliphatic rings. The largest absolute Gasteiger partial charge is 0.309 e. The molecule has 2 rings (SSSR count). The quantitative estimate of drug-likeness (QED) is 0.787. The summed E-state index contributed by atoms with van der Waals surface area (Å²) in [6.07, 6.45) is 3.06. The van der Waals surface area contributed by atoms with Crippen LogP contribution in [0, 0.1) is 0 Å². The lowest BCUT2D eigenvalue weighted by atomic mass is 10.2. The van der Waals surface area contributed by atoms with E-state index in [2.05, 4.69) is 29.1 Å². The maximum Gasteiger partial charge on any atom is 0.0890 e. The van der Waals surface area contributed by atoms with Gasteiger partial charge in [0, 0.05) is 12.6 Å². The summed E-state index contributed by atoms with van der Waals surface area (Å²) in [7, 11) is 0. The summed E-state index contributed by atoms with van der Waals surface area (Å²) in [4.78, 5) is 9.04. The van der Waals surface area contributed by atoms with Gasteiger partial charge in [0.15, 0.2) is 0 Å². The number of fused-ring (bicyclic) bond motifs is 1. The van der Waals surface area contributed by atoms with Crippen LogP contribution in [0.15, 0.2) is 30.5 Å². The maximum atomic E-state index is 4.61. The normalized spacial score (nSPS) is 12.7. The minimum Gasteiger partial charge on any atom is -0.309 e. The summed E-state index contributed by atoms with van der Waals surface area (Å²) < 4.78 is 0. The number of hydrogen-bond acceptors (Lipinski definition) is 4. The van der Waals surface area contributed by atoms with Crippen molar-refractivity contribution in [1.29, 1.82) is 0 Å². The van der Waals surface area contributed by atoms with Gasteiger partial charge in [0.25, 0.3) is 0 Å². The molecule has 102 valence electrons. The molecule has 1 aromatic heterocycles. The van der Waals surface area contributed by atoms with E-state index in [0.29, 0.717) is 6.04 Å². The number of hydrogen-bond donors (Lipinski definition) is 1. The first-order chi connectivity index (χ1) is 9.29. The lowest BCUT2D eigenvalue weighted by Crippen LogP contribution is -2.26. The van der Waals surface area contributed by atoms with Gasteiger partial charge in [-0.05, 0) is 37.0 Å². The Balaban J connectivity index is 1.87. The number of aromatic nitrogens is 2. The fourth-order valence-electron chi connectivity index (χ4n) is 1.87. The molecule has 0 saturated carbocycles. The Bertz CT molecular complexity index is 515. The molecular weight excluding hydrogens is 254 g/mol.